The van der Waals surface area contributed by atoms with Gasteiger partial charge in [0.25, 0.3) is 5.91 Å². The first-order chi connectivity index (χ1) is 11.4. The molecule has 3 rings (SSSR count). The van der Waals surface area contributed by atoms with E-state index in [2.05, 4.69) is 10.1 Å². The van der Waals surface area contributed by atoms with Crippen LogP contribution in [0.4, 0.5) is 18.9 Å². The molecule has 2 aromatic rings. The van der Waals surface area contributed by atoms with Crippen LogP contribution < -0.4 is 19.5 Å². The fourth-order valence-electron chi connectivity index (χ4n) is 2.04. The predicted octanol–water partition coefficient (Wildman–Crippen LogP) is 3.61. The van der Waals surface area contributed by atoms with Gasteiger partial charge in [-0.25, -0.2) is 0 Å². The van der Waals surface area contributed by atoms with Crippen LogP contribution in [0.2, 0.25) is 0 Å². The van der Waals surface area contributed by atoms with Crippen LogP contribution in [-0.2, 0) is 0 Å². The lowest BCUT2D eigenvalue weighted by Crippen LogP contribution is -2.19. The first-order valence-corrected chi connectivity index (χ1v) is 6.91. The number of alkyl halides is 3. The number of rotatable bonds is 4. The van der Waals surface area contributed by atoms with Crippen LogP contribution in [0.3, 0.4) is 0 Å². The van der Waals surface area contributed by atoms with E-state index >= 15 is 0 Å². The fraction of sp³-hybridized carbons (Fsp3) is 0.188. The van der Waals surface area contributed by atoms with Crippen LogP contribution in [0.1, 0.15) is 10.4 Å². The molecule has 0 saturated heterocycles. The van der Waals surface area contributed by atoms with Crippen LogP contribution in [0.5, 0.6) is 17.2 Å². The van der Waals surface area contributed by atoms with Crippen molar-refractivity contribution in [3.05, 3.63) is 48.0 Å². The van der Waals surface area contributed by atoms with Gasteiger partial charge in [-0.1, -0.05) is 0 Å². The van der Waals surface area contributed by atoms with Gasteiger partial charge in [-0.2, -0.15) is 13.2 Å². The summed E-state index contributed by atoms with van der Waals surface area (Å²) in [4.78, 5) is 12.2. The minimum absolute atomic E-state index is 0.0633. The summed E-state index contributed by atoms with van der Waals surface area (Å²) >= 11 is 0. The van der Waals surface area contributed by atoms with Gasteiger partial charge in [0.1, 0.15) is 5.75 Å². The monoisotopic (exact) mass is 339 g/mol. The van der Waals surface area contributed by atoms with E-state index in [0.29, 0.717) is 22.7 Å². The highest BCUT2D eigenvalue weighted by Gasteiger charge is 2.28. The summed E-state index contributed by atoms with van der Waals surface area (Å²) in [6, 6.07) is 10.4. The summed E-state index contributed by atoms with van der Waals surface area (Å²) in [5, 5.41) is 2.64. The molecule has 1 aliphatic rings. The summed E-state index contributed by atoms with van der Waals surface area (Å²) in [7, 11) is 0. The standard InChI is InChI=1S/C16H12F3NO4/c17-16(18,19)8-22-12-4-2-11(3-5-12)20-15(21)10-1-6-13-14(7-10)24-9-23-13/h1-7H,8-9H2,(H,20,21). The van der Waals surface area contributed by atoms with Crippen molar-refractivity contribution in [2.75, 3.05) is 18.7 Å². The third kappa shape index (κ3) is 3.89. The third-order valence-electron chi connectivity index (χ3n) is 3.15. The number of ether oxygens (including phenoxy) is 3. The van der Waals surface area contributed by atoms with Crippen LogP contribution in [0.25, 0.3) is 0 Å². The van der Waals surface area contributed by atoms with Crippen molar-refractivity contribution >= 4 is 11.6 Å². The van der Waals surface area contributed by atoms with Crippen molar-refractivity contribution in [1.82, 2.24) is 0 Å². The van der Waals surface area contributed by atoms with Gasteiger partial charge in [0.05, 0.1) is 0 Å². The average molecular weight is 339 g/mol. The number of hydrogen-bond acceptors (Lipinski definition) is 4. The molecular weight excluding hydrogens is 327 g/mol. The molecule has 0 bridgehead atoms. The number of amides is 1. The number of hydrogen-bond donors (Lipinski definition) is 1. The zero-order valence-electron chi connectivity index (χ0n) is 12.2. The molecule has 24 heavy (non-hydrogen) atoms. The van der Waals surface area contributed by atoms with Gasteiger partial charge in [0.2, 0.25) is 6.79 Å². The van der Waals surface area contributed by atoms with Gasteiger partial charge in [-0.3, -0.25) is 4.79 Å². The molecule has 1 N–H and O–H groups in total. The van der Waals surface area contributed by atoms with E-state index in [4.69, 9.17) is 9.47 Å². The second kappa shape index (κ2) is 6.31. The molecule has 0 saturated carbocycles. The van der Waals surface area contributed by atoms with Crippen LogP contribution >= 0.6 is 0 Å². The molecule has 0 radical (unpaired) electrons. The molecule has 0 fully saturated rings. The third-order valence-corrected chi connectivity index (χ3v) is 3.15. The van der Waals surface area contributed by atoms with E-state index in [1.165, 1.54) is 24.3 Å². The lowest BCUT2D eigenvalue weighted by molar-refractivity contribution is -0.153. The lowest BCUT2D eigenvalue weighted by atomic mass is 10.2. The minimum atomic E-state index is -4.40. The largest absolute Gasteiger partial charge is 0.484 e. The highest BCUT2D eigenvalue weighted by Crippen LogP contribution is 2.32. The van der Waals surface area contributed by atoms with Crippen molar-refractivity contribution in [3.8, 4) is 17.2 Å². The number of fused-ring (bicyclic) bond motifs is 1. The van der Waals surface area contributed by atoms with E-state index in [9.17, 15) is 18.0 Å². The Bertz CT molecular complexity index is 744. The van der Waals surface area contributed by atoms with Crippen LogP contribution in [-0.4, -0.2) is 25.5 Å². The van der Waals surface area contributed by atoms with Gasteiger partial charge in [-0.05, 0) is 42.5 Å². The fourth-order valence-corrected chi connectivity index (χ4v) is 2.04. The summed E-state index contributed by atoms with van der Waals surface area (Å²) in [6.07, 6.45) is -4.40. The molecule has 126 valence electrons. The Labute approximate surface area is 134 Å². The zero-order chi connectivity index (χ0) is 17.2. The second-order valence-electron chi connectivity index (χ2n) is 4.95. The van der Waals surface area contributed by atoms with E-state index in [1.54, 1.807) is 18.2 Å². The molecule has 1 amide bonds. The molecule has 0 aliphatic carbocycles. The van der Waals surface area contributed by atoms with Crippen molar-refractivity contribution in [2.24, 2.45) is 0 Å². The molecule has 0 spiro atoms. The highest BCUT2D eigenvalue weighted by molar-refractivity contribution is 6.04. The van der Waals surface area contributed by atoms with Gasteiger partial charge < -0.3 is 19.5 Å². The molecule has 1 aliphatic heterocycles. The Balaban J connectivity index is 1.62. The summed E-state index contributed by atoms with van der Waals surface area (Å²) in [6.45, 7) is -1.25. The van der Waals surface area contributed by atoms with Crippen LogP contribution in [0, 0.1) is 0 Å². The van der Waals surface area contributed by atoms with Crippen molar-refractivity contribution in [2.45, 2.75) is 6.18 Å². The van der Waals surface area contributed by atoms with Crippen molar-refractivity contribution in [1.29, 1.82) is 0 Å². The number of nitrogens with one attached hydrogen (secondary N) is 1. The molecule has 1 heterocycles. The maximum atomic E-state index is 12.2. The van der Waals surface area contributed by atoms with Gasteiger partial charge >= 0.3 is 6.18 Å². The normalized spacial score (nSPS) is 12.8. The van der Waals surface area contributed by atoms with Gasteiger partial charge in [0, 0.05) is 11.3 Å². The Morgan fingerprint density at radius 3 is 2.50 bits per heavy atom. The zero-order valence-corrected chi connectivity index (χ0v) is 12.2. The van der Waals surface area contributed by atoms with E-state index in [1.807, 2.05) is 0 Å². The summed E-state index contributed by atoms with van der Waals surface area (Å²) in [5.41, 5.74) is 0.800. The molecule has 0 atom stereocenters. The first kappa shape index (κ1) is 16.0. The van der Waals surface area contributed by atoms with Gasteiger partial charge in [0.15, 0.2) is 18.1 Å². The highest BCUT2D eigenvalue weighted by atomic mass is 19.4. The summed E-state index contributed by atoms with van der Waals surface area (Å²) < 4.78 is 51.2. The molecule has 0 aromatic heterocycles. The summed E-state index contributed by atoms with van der Waals surface area (Å²) in [5.74, 6) is 0.738. The lowest BCUT2D eigenvalue weighted by Gasteiger charge is -2.10. The van der Waals surface area contributed by atoms with Gasteiger partial charge in [-0.15, -0.1) is 0 Å². The van der Waals surface area contributed by atoms with Crippen LogP contribution in [0.15, 0.2) is 42.5 Å². The number of carbonyl (C=O) groups is 1. The number of benzene rings is 2. The van der Waals surface area contributed by atoms with Crippen molar-refractivity contribution < 1.29 is 32.2 Å². The maximum Gasteiger partial charge on any atom is 0.422 e. The van der Waals surface area contributed by atoms with Crippen molar-refractivity contribution in [3.63, 3.8) is 0 Å². The van der Waals surface area contributed by atoms with E-state index in [-0.39, 0.29) is 18.4 Å². The molecule has 5 nitrogen and oxygen atoms in total. The molecule has 2 aromatic carbocycles. The number of carbonyl (C=O) groups excluding carboxylic acids is 1. The maximum absolute atomic E-state index is 12.2. The predicted molar refractivity (Wildman–Crippen MR) is 78.5 cm³/mol. The second-order valence-corrected chi connectivity index (χ2v) is 4.95. The Kier molecular flexibility index (Phi) is 4.20. The molecule has 8 heteroatoms. The minimum Gasteiger partial charge on any atom is -0.484 e. The number of anilines is 1. The quantitative estimate of drug-likeness (QED) is 0.925. The van der Waals surface area contributed by atoms with E-state index < -0.39 is 12.8 Å². The average Bonchev–Trinajstić information content (AvgIpc) is 3.01. The number of halogens is 3. The SMILES string of the molecule is O=C(Nc1ccc(OCC(F)(F)F)cc1)c1ccc2c(c1)OCO2. The van der Waals surface area contributed by atoms with E-state index in [0.717, 1.165) is 0 Å². The topological polar surface area (TPSA) is 56.8 Å². The first-order valence-electron chi connectivity index (χ1n) is 6.91. The Morgan fingerprint density at radius 1 is 1.08 bits per heavy atom. The smallest absolute Gasteiger partial charge is 0.422 e. The Hall–Kier alpha value is -2.90. The molecular formula is C16H12F3NO4. The Morgan fingerprint density at radius 2 is 1.79 bits per heavy atom. The molecule has 0 unspecified atom stereocenters.